The number of alkyl carbamates (subject to hydrolysis) is 1. The van der Waals surface area contributed by atoms with Gasteiger partial charge in [-0.15, -0.1) is 0 Å². The standard InChI is InChI=1S/C17H35N3O6/c1-17(2,3)26-16(22)20-14-15(21)19-7-5-9-24-11-13-25-12-10-23-8-4-6-18/h4-14,18H2,1-3H3,(H,19,21)(H,20,22). The first-order valence-corrected chi connectivity index (χ1v) is 9.02. The lowest BCUT2D eigenvalue weighted by atomic mass is 10.2. The van der Waals surface area contributed by atoms with Gasteiger partial charge in [0.2, 0.25) is 5.91 Å². The molecular weight excluding hydrogens is 342 g/mol. The lowest BCUT2D eigenvalue weighted by Crippen LogP contribution is -2.40. The molecule has 0 aromatic carbocycles. The van der Waals surface area contributed by atoms with E-state index in [2.05, 4.69) is 10.6 Å². The molecule has 0 fully saturated rings. The maximum Gasteiger partial charge on any atom is 0.408 e. The average molecular weight is 377 g/mol. The Kier molecular flexibility index (Phi) is 14.9. The first-order valence-electron chi connectivity index (χ1n) is 9.02. The molecule has 154 valence electrons. The zero-order valence-electron chi connectivity index (χ0n) is 16.3. The molecule has 0 heterocycles. The van der Waals surface area contributed by atoms with Gasteiger partial charge in [0.1, 0.15) is 5.60 Å². The van der Waals surface area contributed by atoms with Crippen molar-refractivity contribution >= 4 is 12.0 Å². The Hall–Kier alpha value is -1.42. The van der Waals surface area contributed by atoms with Crippen LogP contribution < -0.4 is 16.4 Å². The summed E-state index contributed by atoms with van der Waals surface area (Å²) in [7, 11) is 0. The first kappa shape index (κ1) is 24.6. The van der Waals surface area contributed by atoms with Crippen LogP contribution in [0.25, 0.3) is 0 Å². The topological polar surface area (TPSA) is 121 Å². The smallest absolute Gasteiger partial charge is 0.408 e. The van der Waals surface area contributed by atoms with Gasteiger partial charge in [0.15, 0.2) is 0 Å². The van der Waals surface area contributed by atoms with E-state index in [-0.39, 0.29) is 12.5 Å². The highest BCUT2D eigenvalue weighted by molar-refractivity contribution is 5.82. The zero-order valence-corrected chi connectivity index (χ0v) is 16.3. The van der Waals surface area contributed by atoms with Crippen LogP contribution in [-0.2, 0) is 23.7 Å². The van der Waals surface area contributed by atoms with Gasteiger partial charge in [0.05, 0.1) is 33.0 Å². The van der Waals surface area contributed by atoms with Gasteiger partial charge >= 0.3 is 6.09 Å². The maximum atomic E-state index is 11.6. The summed E-state index contributed by atoms with van der Waals surface area (Å²) >= 11 is 0. The Morgan fingerprint density at radius 2 is 1.38 bits per heavy atom. The molecule has 2 amide bonds. The molecule has 0 aliphatic carbocycles. The van der Waals surface area contributed by atoms with E-state index < -0.39 is 11.7 Å². The van der Waals surface area contributed by atoms with Crippen LogP contribution in [0.4, 0.5) is 4.79 Å². The van der Waals surface area contributed by atoms with E-state index in [1.54, 1.807) is 20.8 Å². The van der Waals surface area contributed by atoms with E-state index in [0.717, 1.165) is 6.42 Å². The van der Waals surface area contributed by atoms with Gasteiger partial charge in [-0.1, -0.05) is 0 Å². The van der Waals surface area contributed by atoms with Gasteiger partial charge in [-0.3, -0.25) is 4.79 Å². The Balaban J connectivity index is 3.32. The molecule has 0 aliphatic heterocycles. The van der Waals surface area contributed by atoms with Gasteiger partial charge in [-0.2, -0.15) is 0 Å². The molecule has 0 unspecified atom stereocenters. The van der Waals surface area contributed by atoms with Crippen molar-refractivity contribution in [3.63, 3.8) is 0 Å². The van der Waals surface area contributed by atoms with Crippen LogP contribution in [0.15, 0.2) is 0 Å². The Morgan fingerprint density at radius 1 is 0.846 bits per heavy atom. The molecule has 0 saturated carbocycles. The van der Waals surface area contributed by atoms with Crippen LogP contribution in [0.2, 0.25) is 0 Å². The molecule has 26 heavy (non-hydrogen) atoms. The average Bonchev–Trinajstić information content (AvgIpc) is 2.55. The zero-order chi connectivity index (χ0) is 19.7. The molecule has 0 spiro atoms. The molecule has 0 rings (SSSR count). The minimum Gasteiger partial charge on any atom is -0.444 e. The normalized spacial score (nSPS) is 11.2. The molecule has 9 nitrogen and oxygen atoms in total. The van der Waals surface area contributed by atoms with E-state index in [1.165, 1.54) is 0 Å². The monoisotopic (exact) mass is 377 g/mol. The quantitative estimate of drug-likeness (QED) is 0.354. The first-order chi connectivity index (χ1) is 12.3. The maximum absolute atomic E-state index is 11.6. The number of hydrogen-bond acceptors (Lipinski definition) is 7. The van der Waals surface area contributed by atoms with Crippen molar-refractivity contribution in [3.8, 4) is 0 Å². The predicted octanol–water partition coefficient (Wildman–Crippen LogP) is 0.416. The molecule has 0 aromatic heterocycles. The SMILES string of the molecule is CC(C)(C)OC(=O)NCC(=O)NCCCOCCOCCOCCCN. The molecule has 0 atom stereocenters. The third kappa shape index (κ3) is 18.9. The van der Waals surface area contributed by atoms with Crippen molar-refractivity contribution in [2.24, 2.45) is 5.73 Å². The van der Waals surface area contributed by atoms with Crippen molar-refractivity contribution in [3.05, 3.63) is 0 Å². The number of nitrogens with two attached hydrogens (primary N) is 1. The van der Waals surface area contributed by atoms with Crippen LogP contribution in [0.5, 0.6) is 0 Å². The fraction of sp³-hybridized carbons (Fsp3) is 0.882. The summed E-state index contributed by atoms with van der Waals surface area (Å²) in [6.07, 6.45) is 0.928. The molecule has 9 heteroatoms. The number of ether oxygens (including phenoxy) is 4. The summed E-state index contributed by atoms with van der Waals surface area (Å²) in [5.74, 6) is -0.270. The van der Waals surface area contributed by atoms with E-state index in [4.69, 9.17) is 24.7 Å². The minimum atomic E-state index is -0.610. The number of carbonyl (C=O) groups excluding carboxylic acids is 2. The Morgan fingerprint density at radius 3 is 1.92 bits per heavy atom. The number of amides is 2. The van der Waals surface area contributed by atoms with Crippen LogP contribution in [0.3, 0.4) is 0 Å². The highest BCUT2D eigenvalue weighted by Crippen LogP contribution is 2.05. The Labute approximate surface area is 156 Å². The number of hydrogen-bond donors (Lipinski definition) is 3. The highest BCUT2D eigenvalue weighted by Gasteiger charge is 2.16. The number of nitrogens with one attached hydrogen (secondary N) is 2. The molecule has 0 bridgehead atoms. The van der Waals surface area contributed by atoms with E-state index in [9.17, 15) is 9.59 Å². The van der Waals surface area contributed by atoms with Crippen molar-refractivity contribution in [1.82, 2.24) is 10.6 Å². The van der Waals surface area contributed by atoms with Crippen LogP contribution in [0, 0.1) is 0 Å². The summed E-state index contributed by atoms with van der Waals surface area (Å²) in [5.41, 5.74) is 4.77. The molecule has 0 saturated heterocycles. The molecule has 0 radical (unpaired) electrons. The Bertz CT molecular complexity index is 374. The summed E-state index contributed by atoms with van der Waals surface area (Å²) < 4.78 is 21.1. The van der Waals surface area contributed by atoms with Crippen LogP contribution in [0.1, 0.15) is 33.6 Å². The number of rotatable bonds is 15. The van der Waals surface area contributed by atoms with Crippen molar-refractivity contribution in [2.45, 2.75) is 39.2 Å². The predicted molar refractivity (Wildman–Crippen MR) is 98.0 cm³/mol. The lowest BCUT2D eigenvalue weighted by Gasteiger charge is -2.19. The molecule has 0 aromatic rings. The second-order valence-corrected chi connectivity index (χ2v) is 6.54. The molecule has 0 aliphatic rings. The second-order valence-electron chi connectivity index (χ2n) is 6.54. The van der Waals surface area contributed by atoms with Crippen molar-refractivity contribution < 1.29 is 28.5 Å². The minimum absolute atomic E-state index is 0.114. The third-order valence-electron chi connectivity index (χ3n) is 2.82. The van der Waals surface area contributed by atoms with Gasteiger partial charge in [0, 0.05) is 19.8 Å². The third-order valence-corrected chi connectivity index (χ3v) is 2.82. The summed E-state index contributed by atoms with van der Waals surface area (Å²) in [4.78, 5) is 22.9. The van der Waals surface area contributed by atoms with Crippen LogP contribution in [-0.4, -0.2) is 76.9 Å². The highest BCUT2D eigenvalue weighted by atomic mass is 16.6. The lowest BCUT2D eigenvalue weighted by molar-refractivity contribution is -0.120. The van der Waals surface area contributed by atoms with Gasteiger partial charge < -0.3 is 35.3 Å². The number of carbonyl (C=O) groups is 2. The second kappa shape index (κ2) is 15.8. The van der Waals surface area contributed by atoms with Gasteiger partial charge in [-0.25, -0.2) is 4.79 Å². The van der Waals surface area contributed by atoms with Gasteiger partial charge in [-0.05, 0) is 40.2 Å². The van der Waals surface area contributed by atoms with Crippen molar-refractivity contribution in [1.29, 1.82) is 0 Å². The van der Waals surface area contributed by atoms with Crippen LogP contribution >= 0.6 is 0 Å². The van der Waals surface area contributed by atoms with Crippen molar-refractivity contribution in [2.75, 3.05) is 59.3 Å². The molecule has 4 N–H and O–H groups in total. The van der Waals surface area contributed by atoms with E-state index in [1.807, 2.05) is 0 Å². The van der Waals surface area contributed by atoms with Gasteiger partial charge in [0.25, 0.3) is 0 Å². The summed E-state index contributed by atoms with van der Waals surface area (Å²) in [6, 6.07) is 0. The van der Waals surface area contributed by atoms with E-state index in [0.29, 0.717) is 59.2 Å². The summed E-state index contributed by atoms with van der Waals surface area (Å²) in [6.45, 7) is 9.56. The fourth-order valence-corrected chi connectivity index (χ4v) is 1.66. The van der Waals surface area contributed by atoms with E-state index >= 15 is 0 Å². The summed E-state index contributed by atoms with van der Waals surface area (Å²) in [5, 5.41) is 5.09. The largest absolute Gasteiger partial charge is 0.444 e. The molecular formula is C17H35N3O6. The fourth-order valence-electron chi connectivity index (χ4n) is 1.66.